The van der Waals surface area contributed by atoms with Crippen LogP contribution in [0.4, 0.5) is 0 Å². The molecule has 0 radical (unpaired) electrons. The van der Waals surface area contributed by atoms with Gasteiger partial charge in [0.1, 0.15) is 18.9 Å². The molecule has 1 aliphatic heterocycles. The minimum absolute atomic E-state index is 0.0326. The molecule has 0 spiro atoms. The predicted octanol–water partition coefficient (Wildman–Crippen LogP) is 4.47. The predicted molar refractivity (Wildman–Crippen MR) is 108 cm³/mol. The molecule has 1 aliphatic rings. The largest absolute Gasteiger partial charge is 0.486 e. The summed E-state index contributed by atoms with van der Waals surface area (Å²) in [4.78, 5) is 24.4. The fraction of sp³-hybridized carbons (Fsp3) is 0.227. The lowest BCUT2D eigenvalue weighted by atomic mass is 10.1. The van der Waals surface area contributed by atoms with Crippen molar-refractivity contribution >= 4 is 23.4 Å². The van der Waals surface area contributed by atoms with Crippen LogP contribution in [0.2, 0.25) is 5.02 Å². The monoisotopic (exact) mass is 427 g/mol. The normalized spacial score (nSPS) is 12.4. The molecule has 0 aliphatic carbocycles. The third-order valence-electron chi connectivity index (χ3n) is 4.49. The van der Waals surface area contributed by atoms with Crippen LogP contribution in [0.3, 0.4) is 0 Å². The molecular formula is C22H18ClNO6. The third-order valence-corrected chi connectivity index (χ3v) is 4.75. The second-order valence-electron chi connectivity index (χ2n) is 6.63. The average Bonchev–Trinajstić information content (AvgIpc) is 3.25. The molecule has 0 saturated carbocycles. The highest BCUT2D eigenvalue weighted by Crippen LogP contribution is 2.31. The summed E-state index contributed by atoms with van der Waals surface area (Å²) in [5, 5.41) is 4.58. The number of benzene rings is 2. The maximum Gasteiger partial charge on any atom is 0.306 e. The van der Waals surface area contributed by atoms with Crippen LogP contribution in [0, 0.1) is 0 Å². The first-order valence-electron chi connectivity index (χ1n) is 9.38. The Morgan fingerprint density at radius 2 is 1.73 bits per heavy atom. The number of carbonyl (C=O) groups is 2. The summed E-state index contributed by atoms with van der Waals surface area (Å²) in [6.07, 6.45) is -0.00361. The quantitative estimate of drug-likeness (QED) is 0.406. The zero-order valence-corrected chi connectivity index (χ0v) is 16.7. The van der Waals surface area contributed by atoms with E-state index in [1.54, 1.807) is 36.4 Å². The molecule has 0 fully saturated rings. The summed E-state index contributed by atoms with van der Waals surface area (Å²) in [6, 6.07) is 13.8. The first-order valence-corrected chi connectivity index (χ1v) is 9.76. The molecule has 0 atom stereocenters. The van der Waals surface area contributed by atoms with Gasteiger partial charge in [0.05, 0.1) is 6.42 Å². The topological polar surface area (TPSA) is 87.9 Å². The zero-order valence-electron chi connectivity index (χ0n) is 15.9. The van der Waals surface area contributed by atoms with Gasteiger partial charge in [0.15, 0.2) is 29.6 Å². The molecule has 0 amide bonds. The Bertz CT molecular complexity index is 1060. The van der Waals surface area contributed by atoms with Gasteiger partial charge in [-0.15, -0.1) is 0 Å². The number of halogens is 1. The Kier molecular flexibility index (Phi) is 5.99. The smallest absolute Gasteiger partial charge is 0.306 e. The van der Waals surface area contributed by atoms with Gasteiger partial charge in [-0.3, -0.25) is 9.59 Å². The van der Waals surface area contributed by atoms with Crippen LogP contribution in [-0.4, -0.2) is 30.1 Å². The maximum atomic E-state index is 12.4. The van der Waals surface area contributed by atoms with E-state index in [4.69, 9.17) is 30.3 Å². The maximum absolute atomic E-state index is 12.4. The first-order chi connectivity index (χ1) is 14.6. The van der Waals surface area contributed by atoms with Gasteiger partial charge in [-0.1, -0.05) is 28.9 Å². The second kappa shape index (κ2) is 9.00. The van der Waals surface area contributed by atoms with Crippen LogP contribution in [0.1, 0.15) is 29.0 Å². The lowest BCUT2D eigenvalue weighted by Crippen LogP contribution is -2.16. The van der Waals surface area contributed by atoms with E-state index in [-0.39, 0.29) is 25.2 Å². The molecule has 2 heterocycles. The van der Waals surface area contributed by atoms with E-state index in [2.05, 4.69) is 5.16 Å². The number of hydrogen-bond acceptors (Lipinski definition) is 7. The number of hydrogen-bond donors (Lipinski definition) is 0. The lowest BCUT2D eigenvalue weighted by Gasteiger charge is -2.18. The number of ketones is 1. The van der Waals surface area contributed by atoms with E-state index in [0.717, 1.165) is 5.56 Å². The van der Waals surface area contributed by atoms with Gasteiger partial charge in [-0.05, 0) is 30.3 Å². The van der Waals surface area contributed by atoms with Gasteiger partial charge >= 0.3 is 5.97 Å². The average molecular weight is 428 g/mol. The van der Waals surface area contributed by atoms with Gasteiger partial charge in [-0.2, -0.15) is 0 Å². The molecule has 1 aromatic heterocycles. The number of ether oxygens (including phenoxy) is 3. The number of aromatic nitrogens is 1. The van der Waals surface area contributed by atoms with Crippen LogP contribution in [0.15, 0.2) is 53.1 Å². The molecule has 8 heteroatoms. The molecule has 2 aromatic carbocycles. The number of nitrogens with zero attached hydrogens (tertiary/aromatic N) is 1. The van der Waals surface area contributed by atoms with E-state index in [1.807, 2.05) is 12.1 Å². The van der Waals surface area contributed by atoms with Crippen LogP contribution in [-0.2, 0) is 16.1 Å². The van der Waals surface area contributed by atoms with Crippen LogP contribution in [0.25, 0.3) is 11.3 Å². The summed E-state index contributed by atoms with van der Waals surface area (Å²) < 4.78 is 21.3. The van der Waals surface area contributed by atoms with E-state index in [1.165, 1.54) is 0 Å². The van der Waals surface area contributed by atoms with Crippen molar-refractivity contribution in [2.45, 2.75) is 19.4 Å². The highest BCUT2D eigenvalue weighted by atomic mass is 35.5. The van der Waals surface area contributed by atoms with Crippen LogP contribution < -0.4 is 9.47 Å². The van der Waals surface area contributed by atoms with E-state index in [0.29, 0.717) is 46.8 Å². The number of fused-ring (bicyclic) bond motifs is 1. The van der Waals surface area contributed by atoms with Crippen molar-refractivity contribution in [1.82, 2.24) is 5.16 Å². The Balaban J connectivity index is 1.26. The summed E-state index contributed by atoms with van der Waals surface area (Å²) in [6.45, 7) is 0.870. The molecule has 4 rings (SSSR count). The Morgan fingerprint density at radius 3 is 2.53 bits per heavy atom. The van der Waals surface area contributed by atoms with Crippen molar-refractivity contribution in [3.63, 3.8) is 0 Å². The molecule has 0 N–H and O–H groups in total. The lowest BCUT2D eigenvalue weighted by molar-refractivity contribution is -0.145. The highest BCUT2D eigenvalue weighted by molar-refractivity contribution is 6.30. The molecular weight excluding hydrogens is 410 g/mol. The van der Waals surface area contributed by atoms with Crippen molar-refractivity contribution in [3.05, 3.63) is 64.9 Å². The standard InChI is InChI=1S/C22H18ClNO6/c23-16-4-1-14(2-5-16)18-12-17(30-24-18)13-29-22(26)8-6-19(25)15-3-7-20-21(11-15)28-10-9-27-20/h1-5,7,11-12H,6,8-10,13H2. The molecule has 0 saturated heterocycles. The summed E-state index contributed by atoms with van der Waals surface area (Å²) in [5.41, 5.74) is 1.92. The third kappa shape index (κ3) is 4.80. The van der Waals surface area contributed by atoms with Gasteiger partial charge in [0, 0.05) is 28.6 Å². The molecule has 0 bridgehead atoms. The molecule has 0 unspecified atom stereocenters. The Labute approximate surface area is 177 Å². The Hall–Kier alpha value is -3.32. The van der Waals surface area contributed by atoms with E-state index < -0.39 is 5.97 Å². The molecule has 7 nitrogen and oxygen atoms in total. The summed E-state index contributed by atoms with van der Waals surface area (Å²) in [5.74, 6) is 0.893. The van der Waals surface area contributed by atoms with Crippen LogP contribution >= 0.6 is 11.6 Å². The van der Waals surface area contributed by atoms with Crippen molar-refractivity contribution < 1.29 is 28.3 Å². The van der Waals surface area contributed by atoms with Crippen molar-refractivity contribution in [2.24, 2.45) is 0 Å². The van der Waals surface area contributed by atoms with Crippen molar-refractivity contribution in [2.75, 3.05) is 13.2 Å². The Morgan fingerprint density at radius 1 is 0.967 bits per heavy atom. The summed E-state index contributed by atoms with van der Waals surface area (Å²) >= 11 is 5.87. The number of Topliss-reactive ketones (excluding diaryl/α,β-unsaturated/α-hetero) is 1. The first kappa shape index (κ1) is 20.0. The molecule has 154 valence electrons. The molecule has 3 aromatic rings. The van der Waals surface area contributed by atoms with Gasteiger partial charge in [0.2, 0.25) is 0 Å². The summed E-state index contributed by atoms with van der Waals surface area (Å²) in [7, 11) is 0. The molecule has 30 heavy (non-hydrogen) atoms. The van der Waals surface area contributed by atoms with Gasteiger partial charge in [0.25, 0.3) is 0 Å². The minimum Gasteiger partial charge on any atom is -0.486 e. The second-order valence-corrected chi connectivity index (χ2v) is 7.06. The van der Waals surface area contributed by atoms with Crippen molar-refractivity contribution in [3.8, 4) is 22.8 Å². The zero-order chi connectivity index (χ0) is 20.9. The number of rotatable bonds is 7. The van der Waals surface area contributed by atoms with E-state index >= 15 is 0 Å². The highest BCUT2D eigenvalue weighted by Gasteiger charge is 2.16. The minimum atomic E-state index is -0.495. The van der Waals surface area contributed by atoms with Crippen LogP contribution in [0.5, 0.6) is 11.5 Å². The number of carbonyl (C=O) groups excluding carboxylic acids is 2. The van der Waals surface area contributed by atoms with Crippen molar-refractivity contribution in [1.29, 1.82) is 0 Å². The fourth-order valence-electron chi connectivity index (χ4n) is 2.94. The van der Waals surface area contributed by atoms with Gasteiger partial charge in [-0.25, -0.2) is 0 Å². The SMILES string of the molecule is O=C(CCC(=O)c1ccc2c(c1)OCCO2)OCc1cc(-c2ccc(Cl)cc2)no1. The van der Waals surface area contributed by atoms with Gasteiger partial charge < -0.3 is 18.7 Å². The number of esters is 1. The van der Waals surface area contributed by atoms with E-state index in [9.17, 15) is 9.59 Å². The fourth-order valence-corrected chi connectivity index (χ4v) is 3.06.